The van der Waals surface area contributed by atoms with Crippen LogP contribution < -0.4 is 10.5 Å². The summed E-state index contributed by atoms with van der Waals surface area (Å²) >= 11 is 0. The van der Waals surface area contributed by atoms with Crippen LogP contribution in [0.4, 0.5) is 0 Å². The first-order valence-corrected chi connectivity index (χ1v) is 8.07. The third-order valence-corrected chi connectivity index (χ3v) is 4.67. The van der Waals surface area contributed by atoms with Gasteiger partial charge in [-0.2, -0.15) is 0 Å². The monoisotopic (exact) mass is 284 g/mol. The van der Waals surface area contributed by atoms with Crippen LogP contribution in [0.2, 0.25) is 0 Å². The second-order valence-corrected chi connectivity index (χ2v) is 7.74. The Morgan fingerprint density at radius 1 is 1.26 bits per heavy atom. The quantitative estimate of drug-likeness (QED) is 0.868. The van der Waals surface area contributed by atoms with Gasteiger partial charge in [0, 0.05) is 12.6 Å². The number of hydrogen-bond acceptors (Lipinski definition) is 3. The highest BCUT2D eigenvalue weighted by molar-refractivity contribution is 7.88. The van der Waals surface area contributed by atoms with Crippen LogP contribution in [0.25, 0.3) is 0 Å². The standard InChI is InChI=1S/C14H24N2O2S/c1-11(14(2,3)4)16-19(17,18)10-13-7-5-6-12(8-13)9-15/h5-8,11,16H,9-10,15H2,1-4H3. The molecule has 1 rings (SSSR count). The molecular formula is C14H24N2O2S. The van der Waals surface area contributed by atoms with E-state index in [1.165, 1.54) is 0 Å². The molecule has 1 atom stereocenters. The smallest absolute Gasteiger partial charge is 0.216 e. The highest BCUT2D eigenvalue weighted by Gasteiger charge is 2.24. The Morgan fingerprint density at radius 2 is 1.84 bits per heavy atom. The van der Waals surface area contributed by atoms with Crippen molar-refractivity contribution in [3.8, 4) is 0 Å². The first-order chi connectivity index (χ1) is 8.64. The molecular weight excluding hydrogens is 260 g/mol. The van der Waals surface area contributed by atoms with Crippen LogP contribution in [-0.2, 0) is 22.3 Å². The van der Waals surface area contributed by atoms with E-state index in [0.717, 1.165) is 11.1 Å². The largest absolute Gasteiger partial charge is 0.326 e. The summed E-state index contributed by atoms with van der Waals surface area (Å²) in [5, 5.41) is 0. The molecule has 1 unspecified atom stereocenters. The fourth-order valence-corrected chi connectivity index (χ4v) is 3.15. The predicted molar refractivity (Wildman–Crippen MR) is 79.0 cm³/mol. The minimum atomic E-state index is -3.33. The molecule has 19 heavy (non-hydrogen) atoms. The minimum Gasteiger partial charge on any atom is -0.326 e. The maximum absolute atomic E-state index is 12.1. The molecule has 0 spiro atoms. The molecule has 0 aromatic heterocycles. The summed E-state index contributed by atoms with van der Waals surface area (Å²) in [7, 11) is -3.33. The Bertz CT molecular complexity index is 518. The number of hydrogen-bond donors (Lipinski definition) is 2. The van der Waals surface area contributed by atoms with E-state index in [2.05, 4.69) is 4.72 Å². The second kappa shape index (κ2) is 6.03. The van der Waals surface area contributed by atoms with Crippen LogP contribution in [0, 0.1) is 5.41 Å². The van der Waals surface area contributed by atoms with Gasteiger partial charge in [-0.15, -0.1) is 0 Å². The van der Waals surface area contributed by atoms with E-state index in [-0.39, 0.29) is 17.2 Å². The molecule has 0 radical (unpaired) electrons. The molecule has 108 valence electrons. The van der Waals surface area contributed by atoms with Crippen molar-refractivity contribution in [2.45, 2.75) is 46.0 Å². The van der Waals surface area contributed by atoms with Gasteiger partial charge in [0.2, 0.25) is 10.0 Å². The number of benzene rings is 1. The molecule has 1 aromatic rings. The van der Waals surface area contributed by atoms with Crippen LogP contribution in [-0.4, -0.2) is 14.5 Å². The number of sulfonamides is 1. The predicted octanol–water partition coefficient (Wildman–Crippen LogP) is 2.00. The average molecular weight is 284 g/mol. The normalized spacial score (nSPS) is 14.4. The van der Waals surface area contributed by atoms with Gasteiger partial charge in [0.15, 0.2) is 0 Å². The van der Waals surface area contributed by atoms with Crippen molar-refractivity contribution in [1.29, 1.82) is 0 Å². The van der Waals surface area contributed by atoms with Crippen LogP contribution in [0.1, 0.15) is 38.8 Å². The van der Waals surface area contributed by atoms with E-state index in [1.807, 2.05) is 45.9 Å². The molecule has 1 aromatic carbocycles. The third-order valence-electron chi connectivity index (χ3n) is 3.24. The number of nitrogens with one attached hydrogen (secondary N) is 1. The fraction of sp³-hybridized carbons (Fsp3) is 0.571. The Morgan fingerprint density at radius 3 is 2.37 bits per heavy atom. The van der Waals surface area contributed by atoms with Crippen molar-refractivity contribution in [1.82, 2.24) is 4.72 Å². The van der Waals surface area contributed by atoms with Crippen molar-refractivity contribution in [3.63, 3.8) is 0 Å². The molecule has 0 fully saturated rings. The molecule has 0 bridgehead atoms. The lowest BCUT2D eigenvalue weighted by molar-refractivity contribution is 0.317. The van der Waals surface area contributed by atoms with E-state index in [1.54, 1.807) is 6.07 Å². The van der Waals surface area contributed by atoms with E-state index < -0.39 is 10.0 Å². The first kappa shape index (κ1) is 16.1. The van der Waals surface area contributed by atoms with Crippen LogP contribution >= 0.6 is 0 Å². The van der Waals surface area contributed by atoms with Crippen molar-refractivity contribution in [3.05, 3.63) is 35.4 Å². The number of rotatable bonds is 5. The lowest BCUT2D eigenvalue weighted by Crippen LogP contribution is -2.41. The van der Waals surface area contributed by atoms with Gasteiger partial charge in [0.1, 0.15) is 0 Å². The molecule has 3 N–H and O–H groups in total. The van der Waals surface area contributed by atoms with Gasteiger partial charge in [0.05, 0.1) is 5.75 Å². The first-order valence-electron chi connectivity index (χ1n) is 6.42. The molecule has 0 aliphatic rings. The summed E-state index contributed by atoms with van der Waals surface area (Å²) in [4.78, 5) is 0. The lowest BCUT2D eigenvalue weighted by atomic mass is 9.89. The topological polar surface area (TPSA) is 72.2 Å². The molecule has 0 aliphatic heterocycles. The van der Waals surface area contributed by atoms with E-state index >= 15 is 0 Å². The summed E-state index contributed by atoms with van der Waals surface area (Å²) in [5.74, 6) is -0.0126. The van der Waals surface area contributed by atoms with Gasteiger partial charge in [-0.25, -0.2) is 13.1 Å². The van der Waals surface area contributed by atoms with Crippen LogP contribution in [0.3, 0.4) is 0 Å². The maximum atomic E-state index is 12.1. The molecule has 0 aliphatic carbocycles. The van der Waals surface area contributed by atoms with E-state index in [0.29, 0.717) is 6.54 Å². The average Bonchev–Trinajstić information content (AvgIpc) is 2.26. The molecule has 0 saturated carbocycles. The van der Waals surface area contributed by atoms with Gasteiger partial charge in [-0.1, -0.05) is 45.0 Å². The SMILES string of the molecule is CC(NS(=O)(=O)Cc1cccc(CN)c1)C(C)(C)C. The Balaban J connectivity index is 2.79. The second-order valence-electron chi connectivity index (χ2n) is 5.99. The zero-order valence-electron chi connectivity index (χ0n) is 12.1. The summed E-state index contributed by atoms with van der Waals surface area (Å²) in [6.45, 7) is 8.33. The Hall–Kier alpha value is -0.910. The molecule has 0 amide bonds. The summed E-state index contributed by atoms with van der Waals surface area (Å²) in [6, 6.07) is 7.25. The summed E-state index contributed by atoms with van der Waals surface area (Å²) in [5.41, 5.74) is 7.15. The Kier molecular flexibility index (Phi) is 5.12. The zero-order valence-corrected chi connectivity index (χ0v) is 12.9. The van der Waals surface area contributed by atoms with Crippen LogP contribution in [0.5, 0.6) is 0 Å². The van der Waals surface area contributed by atoms with E-state index in [9.17, 15) is 8.42 Å². The van der Waals surface area contributed by atoms with Gasteiger partial charge in [-0.05, 0) is 23.5 Å². The molecule has 4 nitrogen and oxygen atoms in total. The molecule has 0 saturated heterocycles. The van der Waals surface area contributed by atoms with Crippen molar-refractivity contribution >= 4 is 10.0 Å². The van der Waals surface area contributed by atoms with Crippen molar-refractivity contribution in [2.24, 2.45) is 11.1 Å². The number of nitrogens with two attached hydrogens (primary N) is 1. The van der Waals surface area contributed by atoms with Gasteiger partial charge in [-0.3, -0.25) is 0 Å². The lowest BCUT2D eigenvalue weighted by Gasteiger charge is -2.27. The van der Waals surface area contributed by atoms with Crippen molar-refractivity contribution in [2.75, 3.05) is 0 Å². The molecule has 0 heterocycles. The minimum absolute atomic E-state index is 0.0126. The maximum Gasteiger partial charge on any atom is 0.216 e. The molecule has 5 heteroatoms. The summed E-state index contributed by atoms with van der Waals surface area (Å²) < 4.78 is 27.0. The summed E-state index contributed by atoms with van der Waals surface area (Å²) in [6.07, 6.45) is 0. The van der Waals surface area contributed by atoms with Gasteiger partial charge in [0.25, 0.3) is 0 Å². The van der Waals surface area contributed by atoms with Gasteiger partial charge < -0.3 is 5.73 Å². The highest BCUT2D eigenvalue weighted by atomic mass is 32.2. The Labute approximate surface area is 116 Å². The van der Waals surface area contributed by atoms with Crippen LogP contribution in [0.15, 0.2) is 24.3 Å². The third kappa shape index (κ3) is 5.30. The highest BCUT2D eigenvalue weighted by Crippen LogP contribution is 2.20. The van der Waals surface area contributed by atoms with Gasteiger partial charge >= 0.3 is 0 Å². The zero-order chi connectivity index (χ0) is 14.7. The van der Waals surface area contributed by atoms with E-state index in [4.69, 9.17) is 5.73 Å². The fourth-order valence-electron chi connectivity index (χ4n) is 1.55. The van der Waals surface area contributed by atoms with Crippen molar-refractivity contribution < 1.29 is 8.42 Å².